The predicted octanol–water partition coefficient (Wildman–Crippen LogP) is 5.43. The lowest BCUT2D eigenvalue weighted by molar-refractivity contribution is -0.132. The summed E-state index contributed by atoms with van der Waals surface area (Å²) in [7, 11) is 0. The van der Waals surface area contributed by atoms with Gasteiger partial charge in [-0.25, -0.2) is 19.2 Å². The second-order valence-corrected chi connectivity index (χ2v) is 13.5. The molecule has 0 bridgehead atoms. The van der Waals surface area contributed by atoms with Crippen molar-refractivity contribution in [1.82, 2.24) is 0 Å². The molecule has 3 aromatic rings. The van der Waals surface area contributed by atoms with Crippen LogP contribution >= 0.6 is 0 Å². The minimum absolute atomic E-state index is 0.116. The number of esters is 4. The summed E-state index contributed by atoms with van der Waals surface area (Å²) in [4.78, 5) is 54.5. The number of epoxide rings is 4. The van der Waals surface area contributed by atoms with Crippen molar-refractivity contribution in [3.05, 3.63) is 97.1 Å². The molecule has 2 N–H and O–H groups in total. The molecule has 4 aliphatic heterocycles. The van der Waals surface area contributed by atoms with Crippen LogP contribution in [0.2, 0.25) is 0 Å². The Balaban J connectivity index is 1.48. The molecule has 4 fully saturated rings. The van der Waals surface area contributed by atoms with E-state index in [0.29, 0.717) is 0 Å². The Morgan fingerprint density at radius 3 is 0.857 bits per heavy atom. The molecule has 4 heterocycles. The van der Waals surface area contributed by atoms with Gasteiger partial charge in [0.05, 0.1) is 35.5 Å². The molecule has 4 aliphatic rings. The van der Waals surface area contributed by atoms with E-state index in [1.807, 2.05) is 27.7 Å². The number of aromatic hydroxyl groups is 2. The number of phenols is 2. The Hall–Kier alpha value is -6.06. The third-order valence-corrected chi connectivity index (χ3v) is 9.16. The van der Waals surface area contributed by atoms with E-state index in [0.717, 1.165) is 24.3 Å². The first-order chi connectivity index (χ1) is 26.8. The van der Waals surface area contributed by atoms with Crippen molar-refractivity contribution in [2.75, 3.05) is 0 Å². The molecule has 3 aromatic carbocycles. The van der Waals surface area contributed by atoms with Gasteiger partial charge >= 0.3 is 23.9 Å². The van der Waals surface area contributed by atoms with Crippen LogP contribution in [0.15, 0.2) is 97.1 Å². The highest BCUT2D eigenvalue weighted by Crippen LogP contribution is 2.57. The first-order valence-corrected chi connectivity index (χ1v) is 17.9. The summed E-state index contributed by atoms with van der Waals surface area (Å²) in [6, 6.07) is 11.0. The minimum atomic E-state index is -0.930. The number of carbonyl (C=O) groups excluding carboxylic acids is 4. The predicted molar refractivity (Wildman–Crippen MR) is 197 cm³/mol. The van der Waals surface area contributed by atoms with Crippen molar-refractivity contribution < 1.29 is 67.3 Å². The van der Waals surface area contributed by atoms with E-state index >= 15 is 0 Å². The Bertz CT molecular complexity index is 1890. The maximum absolute atomic E-state index is 13.6. The van der Waals surface area contributed by atoms with Crippen LogP contribution in [-0.4, -0.2) is 82.9 Å². The second-order valence-electron chi connectivity index (χ2n) is 13.5. The molecule has 0 aliphatic carbocycles. The first kappa shape index (κ1) is 38.2. The zero-order valence-electron chi connectivity index (χ0n) is 30.6. The molecule has 56 heavy (non-hydrogen) atoms. The molecule has 0 amide bonds. The van der Waals surface area contributed by atoms with Gasteiger partial charge in [0.25, 0.3) is 0 Å². The van der Waals surface area contributed by atoms with Crippen LogP contribution in [0, 0.1) is 0 Å². The van der Waals surface area contributed by atoms with E-state index in [1.165, 1.54) is 72.8 Å². The molecular formula is C42H38O14. The summed E-state index contributed by atoms with van der Waals surface area (Å²) in [5.74, 6) is -5.65. The fraction of sp³-hybridized carbons (Fsp3) is 0.286. The molecule has 0 saturated carbocycles. The maximum atomic E-state index is 13.6. The lowest BCUT2D eigenvalue weighted by atomic mass is 9.94. The van der Waals surface area contributed by atoms with Gasteiger partial charge in [-0.15, -0.1) is 0 Å². The maximum Gasteiger partial charge on any atom is 0.336 e. The number of phenolic OH excluding ortho intramolecular Hbond substituents is 2. The van der Waals surface area contributed by atoms with Gasteiger partial charge in [-0.2, -0.15) is 0 Å². The number of hydrogen-bond acceptors (Lipinski definition) is 14. The molecule has 0 aromatic heterocycles. The molecular weight excluding hydrogens is 728 g/mol. The third kappa shape index (κ3) is 9.41. The van der Waals surface area contributed by atoms with Crippen molar-refractivity contribution in [1.29, 1.82) is 0 Å². The average molecular weight is 767 g/mol. The van der Waals surface area contributed by atoms with Crippen LogP contribution in [-0.2, 0) is 38.1 Å². The molecule has 7 rings (SSSR count). The molecule has 0 radical (unpaired) electrons. The van der Waals surface area contributed by atoms with Crippen LogP contribution in [0.4, 0.5) is 0 Å². The lowest BCUT2D eigenvalue weighted by Crippen LogP contribution is -2.16. The summed E-state index contributed by atoms with van der Waals surface area (Å²) in [6.45, 7) is 7.29. The summed E-state index contributed by atoms with van der Waals surface area (Å²) in [6.07, 6.45) is 8.75. The number of benzene rings is 3. The van der Waals surface area contributed by atoms with Gasteiger partial charge in [0.1, 0.15) is 35.9 Å². The van der Waals surface area contributed by atoms with E-state index in [1.54, 1.807) is 0 Å². The Labute approximate surface area is 321 Å². The van der Waals surface area contributed by atoms with Crippen molar-refractivity contribution in [2.45, 2.75) is 76.5 Å². The molecule has 0 unspecified atom stereocenters. The quantitative estimate of drug-likeness (QED) is 0.0913. The normalized spacial score (nSPS) is 26.1. The van der Waals surface area contributed by atoms with Gasteiger partial charge in [-0.1, -0.05) is 24.3 Å². The fourth-order valence-corrected chi connectivity index (χ4v) is 5.68. The number of ether oxygens (including phenoxy) is 8. The van der Waals surface area contributed by atoms with Crippen LogP contribution < -0.4 is 18.9 Å². The first-order valence-electron chi connectivity index (χ1n) is 17.9. The SMILES string of the molecule is C[C@@H]1O[C@H]1/C=C\C(=O)Oc1c(OC(=O)/C=C\[C@@H]2O[C@H]2C)c(-c2ccc(O)cc2)c(OC(=O)/C=C\[C@H]2O[C@@H]2C)c(OC(=O)/C=C\[C@H]2O[C@@H]2C)c1-c1ccc(O)cc1. The number of carbonyl (C=O) groups is 4. The molecule has 290 valence electrons. The highest BCUT2D eigenvalue weighted by molar-refractivity contribution is 6.01. The summed E-state index contributed by atoms with van der Waals surface area (Å²) in [5, 5.41) is 20.5. The Kier molecular flexibility index (Phi) is 10.9. The molecule has 4 saturated heterocycles. The highest BCUT2D eigenvalue weighted by Gasteiger charge is 2.37. The van der Waals surface area contributed by atoms with Crippen LogP contribution in [0.25, 0.3) is 22.3 Å². The molecule has 14 nitrogen and oxygen atoms in total. The molecule has 14 heteroatoms. The second kappa shape index (κ2) is 16.0. The highest BCUT2D eigenvalue weighted by atomic mass is 16.6. The van der Waals surface area contributed by atoms with Gasteiger partial charge in [0.15, 0.2) is 23.0 Å². The van der Waals surface area contributed by atoms with Gasteiger partial charge in [-0.3, -0.25) is 0 Å². The van der Waals surface area contributed by atoms with Crippen LogP contribution in [0.1, 0.15) is 27.7 Å². The van der Waals surface area contributed by atoms with Crippen molar-refractivity contribution in [3.8, 4) is 56.8 Å². The van der Waals surface area contributed by atoms with Crippen molar-refractivity contribution >= 4 is 23.9 Å². The third-order valence-electron chi connectivity index (χ3n) is 9.16. The Morgan fingerprint density at radius 1 is 0.446 bits per heavy atom. The minimum Gasteiger partial charge on any atom is -0.508 e. The summed E-state index contributed by atoms with van der Waals surface area (Å²) >= 11 is 0. The summed E-state index contributed by atoms with van der Waals surface area (Å²) < 4.78 is 45.6. The molecule has 0 spiro atoms. The smallest absolute Gasteiger partial charge is 0.336 e. The zero-order chi connectivity index (χ0) is 39.7. The van der Waals surface area contributed by atoms with Crippen LogP contribution in [0.3, 0.4) is 0 Å². The lowest BCUT2D eigenvalue weighted by Gasteiger charge is -2.24. The topological polar surface area (TPSA) is 196 Å². The van der Waals surface area contributed by atoms with Gasteiger partial charge in [-0.05, 0) is 87.4 Å². The van der Waals surface area contributed by atoms with Gasteiger partial charge < -0.3 is 48.1 Å². The van der Waals surface area contributed by atoms with Crippen LogP contribution in [0.5, 0.6) is 34.5 Å². The van der Waals surface area contributed by atoms with E-state index in [9.17, 15) is 29.4 Å². The zero-order valence-corrected chi connectivity index (χ0v) is 30.6. The van der Waals surface area contributed by atoms with E-state index in [2.05, 4.69) is 0 Å². The summed E-state index contributed by atoms with van der Waals surface area (Å²) in [5.41, 5.74) is 0.0240. The number of rotatable bonds is 14. The van der Waals surface area contributed by atoms with Gasteiger partial charge in [0, 0.05) is 24.3 Å². The largest absolute Gasteiger partial charge is 0.508 e. The van der Waals surface area contributed by atoms with E-state index < -0.39 is 46.9 Å². The van der Waals surface area contributed by atoms with Gasteiger partial charge in [0.2, 0.25) is 0 Å². The van der Waals surface area contributed by atoms with E-state index in [4.69, 9.17) is 37.9 Å². The fourth-order valence-electron chi connectivity index (χ4n) is 5.68. The number of hydrogen-bond donors (Lipinski definition) is 2. The molecule has 8 atom stereocenters. The Morgan fingerprint density at radius 2 is 0.661 bits per heavy atom. The standard InChI is InChI=1S/C42H38O14/c1-21-29(49-21)13-17-33(45)53-39-37(25-5-9-27(43)10-6-25)41(55-35(47)19-15-31-23(3)51-31)42(56-36(48)20-16-32-24(4)52-32)38(26-7-11-28(44)12-8-26)40(39)54-34(46)18-14-30-22(2)50-30/h5-24,29-32,43-44H,1-4H3/b17-13-,18-14-,19-15-,20-16-/t21-,22-,23+,24+,29-,30-,31+,32+. The van der Waals surface area contributed by atoms with Crippen molar-refractivity contribution in [2.24, 2.45) is 0 Å². The van der Waals surface area contributed by atoms with Crippen molar-refractivity contribution in [3.63, 3.8) is 0 Å². The van der Waals surface area contributed by atoms with E-state index in [-0.39, 0.29) is 82.6 Å². The monoisotopic (exact) mass is 766 g/mol. The average Bonchev–Trinajstić information content (AvgIpc) is 4.06.